The van der Waals surface area contributed by atoms with Crippen molar-refractivity contribution in [3.05, 3.63) is 77.4 Å². The van der Waals surface area contributed by atoms with E-state index in [-0.39, 0.29) is 44.0 Å². The molecule has 1 fully saturated rings. The number of carbonyl (C=O) groups excluding carboxylic acids is 5. The van der Waals surface area contributed by atoms with Crippen molar-refractivity contribution in [2.45, 2.75) is 81.3 Å². The quantitative estimate of drug-likeness (QED) is 0.0557. The third kappa shape index (κ3) is 8.50. The lowest BCUT2D eigenvalue weighted by atomic mass is 9.75. The summed E-state index contributed by atoms with van der Waals surface area (Å²) >= 11 is 0. The van der Waals surface area contributed by atoms with Gasteiger partial charge in [-0.3, -0.25) is 28.5 Å². The number of hydrogen-bond donors (Lipinski definition) is 8. The second kappa shape index (κ2) is 15.6. The summed E-state index contributed by atoms with van der Waals surface area (Å²) in [5.41, 5.74) is 4.11. The Labute approximate surface area is 299 Å². The number of nitrogens with one attached hydrogen (secondary N) is 4. The summed E-state index contributed by atoms with van der Waals surface area (Å²) in [6.07, 6.45) is 2.79. The number of aliphatic carboxylic acids is 1. The van der Waals surface area contributed by atoms with Gasteiger partial charge in [-0.2, -0.15) is 0 Å². The van der Waals surface area contributed by atoms with Gasteiger partial charge in [0.05, 0.1) is 5.30 Å². The van der Waals surface area contributed by atoms with E-state index < -0.39 is 60.2 Å². The van der Waals surface area contributed by atoms with E-state index >= 15 is 0 Å². The predicted molar refractivity (Wildman–Crippen MR) is 189 cm³/mol. The summed E-state index contributed by atoms with van der Waals surface area (Å²) in [4.78, 5) is 97.2. The molecule has 0 radical (unpaired) electrons. The molecule has 0 unspecified atom stereocenters. The van der Waals surface area contributed by atoms with Gasteiger partial charge in [0.1, 0.15) is 11.1 Å². The zero-order chi connectivity index (χ0) is 37.7. The van der Waals surface area contributed by atoms with Crippen LogP contribution in [0.25, 0.3) is 10.8 Å². The van der Waals surface area contributed by atoms with Crippen molar-refractivity contribution >= 4 is 59.2 Å². The van der Waals surface area contributed by atoms with Crippen molar-refractivity contribution in [2.75, 3.05) is 6.54 Å². The second-order valence-corrected chi connectivity index (χ2v) is 15.1. The first kappa shape index (κ1) is 38.1. The van der Waals surface area contributed by atoms with E-state index in [1.54, 1.807) is 0 Å². The minimum absolute atomic E-state index is 0.0418. The summed E-state index contributed by atoms with van der Waals surface area (Å²) in [5.74, 6) is -6.93. The maximum Gasteiger partial charge on any atom is 0.394 e. The number of rotatable bonds is 12. The Balaban J connectivity index is 1.31. The molecule has 52 heavy (non-hydrogen) atoms. The molecule has 2 aliphatic carbocycles. The smallest absolute Gasteiger partial charge is 0.394 e. The lowest BCUT2D eigenvalue weighted by Gasteiger charge is -2.43. The molecule has 5 amide bonds. The summed E-state index contributed by atoms with van der Waals surface area (Å²) < 4.78 is 11.8. The van der Waals surface area contributed by atoms with E-state index in [4.69, 9.17) is 5.73 Å². The molecule has 2 atom stereocenters. The molecule has 5 rings (SSSR count). The Morgan fingerprint density at radius 2 is 1.54 bits per heavy atom. The first-order valence-corrected chi connectivity index (χ1v) is 18.7. The van der Waals surface area contributed by atoms with Crippen molar-refractivity contribution in [2.24, 2.45) is 5.73 Å². The van der Waals surface area contributed by atoms with Crippen molar-refractivity contribution in [3.8, 4) is 0 Å². The SMILES string of the molecule is NC(=O)[C@H](NC(=O)C1(NC(=O)[C@]2(NC(=O)C(=O)O)CCc3cc(P(=O)(O)O)ccc3C2)CCCCC1)C(=O)NCCCc1cccc2ccccc12. The summed E-state index contributed by atoms with van der Waals surface area (Å²) in [6.45, 7) is 0.187. The highest BCUT2D eigenvalue weighted by atomic mass is 31.2. The Morgan fingerprint density at radius 3 is 2.23 bits per heavy atom. The normalized spacial score (nSPS) is 18.7. The molecule has 0 spiro atoms. The zero-order valence-corrected chi connectivity index (χ0v) is 29.2. The van der Waals surface area contributed by atoms with Gasteiger partial charge < -0.3 is 41.9 Å². The fourth-order valence-corrected chi connectivity index (χ4v) is 7.72. The minimum atomic E-state index is -4.58. The molecule has 9 N–H and O–H groups in total. The second-order valence-electron chi connectivity index (χ2n) is 13.5. The van der Waals surface area contributed by atoms with Gasteiger partial charge in [-0.15, -0.1) is 0 Å². The molecule has 3 aromatic rings. The summed E-state index contributed by atoms with van der Waals surface area (Å²) in [6, 6.07) is 16.0. The highest BCUT2D eigenvalue weighted by Gasteiger charge is 2.50. The molecule has 2 aliphatic rings. The van der Waals surface area contributed by atoms with Crippen molar-refractivity contribution < 1.29 is 48.2 Å². The fraction of sp³-hybridized carbons (Fsp3) is 0.389. The first-order chi connectivity index (χ1) is 24.6. The van der Waals surface area contributed by atoms with Crippen LogP contribution in [0.5, 0.6) is 0 Å². The van der Waals surface area contributed by atoms with Crippen LogP contribution in [0.2, 0.25) is 0 Å². The zero-order valence-electron chi connectivity index (χ0n) is 28.4. The number of benzene rings is 3. The third-order valence-corrected chi connectivity index (χ3v) is 10.9. The van der Waals surface area contributed by atoms with E-state index in [9.17, 15) is 48.2 Å². The molecular formula is C36H42N5O10P. The maximum absolute atomic E-state index is 14.2. The van der Waals surface area contributed by atoms with E-state index in [1.165, 1.54) is 18.2 Å². The van der Waals surface area contributed by atoms with Crippen LogP contribution in [0.1, 0.15) is 61.6 Å². The topological polar surface area (TPSA) is 254 Å². The molecule has 16 heteroatoms. The van der Waals surface area contributed by atoms with Gasteiger partial charge in [-0.25, -0.2) is 4.79 Å². The standard InChI is InChI=1S/C36H42N5O10P/c37-29(42)28(30(43)38-19-7-11-23-10-6-9-22-8-2-3-12-27(22)23)39-33(47)35(16-4-1-5-17-35)41-34(48)36(40-31(44)32(45)46)18-15-24-20-26(52(49,50)51)14-13-25(24)21-36/h2-3,6,8-10,12-14,20,28H,1,4-5,7,11,15-19,21H2,(H2,37,42)(H,38,43)(H,39,47)(H,40,44)(H,41,48)(H,45,46)(H2,49,50,51)/t28-,36-/m0/s1. The van der Waals surface area contributed by atoms with Crippen LogP contribution < -0.4 is 32.3 Å². The summed E-state index contributed by atoms with van der Waals surface area (Å²) in [5, 5.41) is 21.5. The van der Waals surface area contributed by atoms with Gasteiger partial charge in [0, 0.05) is 13.0 Å². The Kier molecular flexibility index (Phi) is 11.5. The monoisotopic (exact) mass is 735 g/mol. The van der Waals surface area contributed by atoms with Crippen molar-refractivity contribution in [1.29, 1.82) is 0 Å². The van der Waals surface area contributed by atoms with E-state index in [0.717, 1.165) is 22.8 Å². The average molecular weight is 736 g/mol. The van der Waals surface area contributed by atoms with Crippen LogP contribution in [0.4, 0.5) is 0 Å². The number of amides is 5. The molecule has 0 heterocycles. The van der Waals surface area contributed by atoms with Crippen LogP contribution >= 0.6 is 7.60 Å². The van der Waals surface area contributed by atoms with Gasteiger partial charge in [-0.1, -0.05) is 67.8 Å². The van der Waals surface area contributed by atoms with Crippen molar-refractivity contribution in [1.82, 2.24) is 21.3 Å². The molecule has 15 nitrogen and oxygen atoms in total. The highest BCUT2D eigenvalue weighted by Crippen LogP contribution is 2.37. The number of carboxylic acids is 1. The molecular weight excluding hydrogens is 693 g/mol. The fourth-order valence-electron chi connectivity index (χ4n) is 7.13. The Bertz CT molecular complexity index is 1950. The number of primary amides is 1. The van der Waals surface area contributed by atoms with Gasteiger partial charge in [0.25, 0.3) is 5.91 Å². The minimum Gasteiger partial charge on any atom is -0.474 e. The average Bonchev–Trinajstić information content (AvgIpc) is 3.11. The number of carboxylic acid groups (broad SMARTS) is 1. The molecule has 276 valence electrons. The Morgan fingerprint density at radius 1 is 0.827 bits per heavy atom. The van der Waals surface area contributed by atoms with Crippen molar-refractivity contribution in [3.63, 3.8) is 0 Å². The molecule has 0 aliphatic heterocycles. The van der Waals surface area contributed by atoms with Gasteiger partial charge in [0.2, 0.25) is 17.7 Å². The van der Waals surface area contributed by atoms with Crippen LogP contribution in [0.15, 0.2) is 60.7 Å². The van der Waals surface area contributed by atoms with E-state index in [1.807, 2.05) is 42.5 Å². The molecule has 0 aromatic heterocycles. The van der Waals surface area contributed by atoms with Crippen LogP contribution in [0.3, 0.4) is 0 Å². The predicted octanol–water partition coefficient (Wildman–Crippen LogP) is 0.609. The Hall–Kier alpha value is -5.11. The number of fused-ring (bicyclic) bond motifs is 2. The highest BCUT2D eigenvalue weighted by molar-refractivity contribution is 7.60. The molecule has 0 bridgehead atoms. The van der Waals surface area contributed by atoms with Gasteiger partial charge in [-0.05, 0) is 78.1 Å². The third-order valence-electron chi connectivity index (χ3n) is 9.94. The largest absolute Gasteiger partial charge is 0.474 e. The maximum atomic E-state index is 14.2. The van der Waals surface area contributed by atoms with Crippen LogP contribution in [-0.4, -0.2) is 74.1 Å². The molecule has 0 saturated heterocycles. The molecule has 1 saturated carbocycles. The number of aryl methyl sites for hydroxylation is 2. The number of hydrogen-bond acceptors (Lipinski definition) is 7. The van der Waals surface area contributed by atoms with Crippen LogP contribution in [-0.2, 0) is 52.6 Å². The first-order valence-electron chi connectivity index (χ1n) is 17.0. The molecule has 3 aromatic carbocycles. The lowest BCUT2D eigenvalue weighted by Crippen LogP contribution is -2.70. The summed E-state index contributed by atoms with van der Waals surface area (Å²) in [7, 11) is -4.58. The van der Waals surface area contributed by atoms with E-state index in [0.29, 0.717) is 36.8 Å². The van der Waals surface area contributed by atoms with Crippen LogP contribution in [0, 0.1) is 0 Å². The number of carbonyl (C=O) groups is 6. The number of nitrogens with two attached hydrogens (primary N) is 1. The van der Waals surface area contributed by atoms with E-state index in [2.05, 4.69) is 21.3 Å². The lowest BCUT2D eigenvalue weighted by molar-refractivity contribution is -0.152. The van der Waals surface area contributed by atoms with Gasteiger partial charge in [0.15, 0.2) is 6.04 Å². The van der Waals surface area contributed by atoms with Gasteiger partial charge >= 0.3 is 19.5 Å².